The van der Waals surface area contributed by atoms with Crippen LogP contribution < -0.4 is 0 Å². The first kappa shape index (κ1) is 15.2. The predicted molar refractivity (Wildman–Crippen MR) is 80.7 cm³/mol. The third-order valence-corrected chi connectivity index (χ3v) is 4.01. The van der Waals surface area contributed by atoms with Crippen molar-refractivity contribution in [2.24, 2.45) is 0 Å². The number of halogens is 1. The Bertz CT molecular complexity index is 845. The van der Waals surface area contributed by atoms with E-state index in [-0.39, 0.29) is 18.1 Å². The second kappa shape index (κ2) is 6.57. The minimum absolute atomic E-state index is 0.116. The number of rotatable bonds is 6. The van der Waals surface area contributed by atoms with Gasteiger partial charge in [0.2, 0.25) is 11.6 Å². The van der Waals surface area contributed by atoms with Crippen molar-refractivity contribution in [3.63, 3.8) is 0 Å². The Morgan fingerprint density at radius 2 is 2.09 bits per heavy atom. The molecule has 6 nitrogen and oxygen atoms in total. The summed E-state index contributed by atoms with van der Waals surface area (Å²) in [4.78, 5) is 31.6. The molecule has 116 valence electrons. The van der Waals surface area contributed by atoms with E-state index in [1.807, 2.05) is 0 Å². The quantitative estimate of drug-likeness (QED) is 0.551. The smallest absolute Gasteiger partial charge is 0.268 e. The summed E-state index contributed by atoms with van der Waals surface area (Å²) in [5.41, 5.74) is 1.20. The van der Waals surface area contributed by atoms with Gasteiger partial charge in [-0.25, -0.2) is 14.4 Å². The molecule has 1 aromatic carbocycles. The van der Waals surface area contributed by atoms with Crippen molar-refractivity contribution in [2.75, 3.05) is 0 Å². The summed E-state index contributed by atoms with van der Waals surface area (Å²) in [5.74, 6) is -1.83. The van der Waals surface area contributed by atoms with E-state index in [1.165, 1.54) is 23.7 Å². The summed E-state index contributed by atoms with van der Waals surface area (Å²) in [7, 11) is 0. The van der Waals surface area contributed by atoms with Crippen molar-refractivity contribution in [1.29, 1.82) is 0 Å². The molecule has 0 bridgehead atoms. The summed E-state index contributed by atoms with van der Waals surface area (Å²) in [6.07, 6.45) is 1.46. The van der Waals surface area contributed by atoms with Crippen LogP contribution in [-0.4, -0.2) is 31.7 Å². The number of hydrogen-bond acceptors (Lipinski definition) is 6. The van der Waals surface area contributed by atoms with Crippen LogP contribution in [0, 0.1) is 5.82 Å². The number of Topliss-reactive ketones (excluding diaryl/α,β-unsaturated/α-hetero) is 2. The number of carbonyl (C=O) groups is 2. The van der Waals surface area contributed by atoms with E-state index in [0.717, 1.165) is 0 Å². The Labute approximate surface area is 134 Å². The standard InChI is InChI=1S/C15H11FN4O2S/c16-11-4-2-1-3-9(11)5-10-7-23-13(19-10)6-12(21)14(22)15-17-8-18-20-15/h1-4,7-8H,5-6H2,(H,17,18,20). The molecule has 0 unspecified atom stereocenters. The molecule has 2 heterocycles. The van der Waals surface area contributed by atoms with Crippen LogP contribution >= 0.6 is 11.3 Å². The van der Waals surface area contributed by atoms with Crippen LogP contribution in [0.4, 0.5) is 4.39 Å². The second-order valence-electron chi connectivity index (χ2n) is 4.75. The van der Waals surface area contributed by atoms with E-state index in [9.17, 15) is 14.0 Å². The molecule has 0 fully saturated rings. The Balaban J connectivity index is 1.67. The molecule has 0 atom stereocenters. The van der Waals surface area contributed by atoms with Gasteiger partial charge in [0.05, 0.1) is 12.1 Å². The monoisotopic (exact) mass is 330 g/mol. The van der Waals surface area contributed by atoms with E-state index in [2.05, 4.69) is 20.2 Å². The molecular weight excluding hydrogens is 319 g/mol. The summed E-state index contributed by atoms with van der Waals surface area (Å²) in [6, 6.07) is 6.46. The van der Waals surface area contributed by atoms with Crippen molar-refractivity contribution in [2.45, 2.75) is 12.8 Å². The van der Waals surface area contributed by atoms with Gasteiger partial charge in [-0.15, -0.1) is 16.4 Å². The number of nitrogens with zero attached hydrogens (tertiary/aromatic N) is 3. The molecule has 0 aliphatic heterocycles. The molecule has 8 heteroatoms. The van der Waals surface area contributed by atoms with Crippen LogP contribution in [-0.2, 0) is 17.6 Å². The normalized spacial score (nSPS) is 10.7. The maximum atomic E-state index is 13.6. The maximum Gasteiger partial charge on any atom is 0.268 e. The van der Waals surface area contributed by atoms with E-state index in [4.69, 9.17) is 0 Å². The Kier molecular flexibility index (Phi) is 4.33. The van der Waals surface area contributed by atoms with Crippen LogP contribution in [0.25, 0.3) is 0 Å². The van der Waals surface area contributed by atoms with Gasteiger partial charge in [-0.3, -0.25) is 14.7 Å². The number of nitrogens with one attached hydrogen (secondary N) is 1. The number of hydrogen-bond donors (Lipinski definition) is 1. The number of thiazole rings is 1. The van der Waals surface area contributed by atoms with Gasteiger partial charge in [-0.2, -0.15) is 0 Å². The van der Waals surface area contributed by atoms with Crippen molar-refractivity contribution in [1.82, 2.24) is 20.2 Å². The van der Waals surface area contributed by atoms with Crippen LogP contribution in [0.5, 0.6) is 0 Å². The topological polar surface area (TPSA) is 88.6 Å². The largest absolute Gasteiger partial charge is 0.290 e. The van der Waals surface area contributed by atoms with Crippen LogP contribution in [0.1, 0.15) is 26.9 Å². The number of carbonyl (C=O) groups excluding carboxylic acids is 2. The van der Waals surface area contributed by atoms with Gasteiger partial charge in [0, 0.05) is 11.8 Å². The van der Waals surface area contributed by atoms with Crippen LogP contribution in [0.3, 0.4) is 0 Å². The zero-order chi connectivity index (χ0) is 16.2. The first-order valence-electron chi connectivity index (χ1n) is 6.73. The molecule has 0 amide bonds. The lowest BCUT2D eigenvalue weighted by Crippen LogP contribution is -2.18. The van der Waals surface area contributed by atoms with Gasteiger partial charge in [-0.05, 0) is 11.6 Å². The summed E-state index contributed by atoms with van der Waals surface area (Å²) < 4.78 is 13.6. The molecule has 3 aromatic rings. The van der Waals surface area contributed by atoms with Crippen molar-refractivity contribution < 1.29 is 14.0 Å². The van der Waals surface area contributed by atoms with Gasteiger partial charge in [0.25, 0.3) is 5.78 Å². The molecule has 1 N–H and O–H groups in total. The summed E-state index contributed by atoms with van der Waals surface area (Å²) >= 11 is 1.26. The molecule has 2 aromatic heterocycles. The van der Waals surface area contributed by atoms with Gasteiger partial charge in [-0.1, -0.05) is 18.2 Å². The van der Waals surface area contributed by atoms with Gasteiger partial charge >= 0.3 is 0 Å². The molecule has 0 saturated heterocycles. The van der Waals surface area contributed by atoms with Gasteiger partial charge < -0.3 is 0 Å². The fourth-order valence-electron chi connectivity index (χ4n) is 2.01. The second-order valence-corrected chi connectivity index (χ2v) is 5.70. The molecule has 0 aliphatic carbocycles. The first-order valence-corrected chi connectivity index (χ1v) is 7.61. The Morgan fingerprint density at radius 1 is 1.26 bits per heavy atom. The van der Waals surface area contributed by atoms with E-state index < -0.39 is 11.6 Å². The molecule has 3 rings (SSSR count). The number of aromatic amines is 1. The lowest BCUT2D eigenvalue weighted by Gasteiger charge is -1.99. The average molecular weight is 330 g/mol. The molecule has 0 aliphatic rings. The van der Waals surface area contributed by atoms with Crippen molar-refractivity contribution in [3.8, 4) is 0 Å². The number of aromatic nitrogens is 4. The number of H-pyrrole nitrogens is 1. The van der Waals surface area contributed by atoms with E-state index in [1.54, 1.807) is 23.6 Å². The lowest BCUT2D eigenvalue weighted by molar-refractivity contribution is -0.114. The first-order chi connectivity index (χ1) is 11.1. The average Bonchev–Trinajstić information content (AvgIpc) is 3.21. The highest BCUT2D eigenvalue weighted by molar-refractivity contribution is 7.09. The number of benzene rings is 1. The highest BCUT2D eigenvalue weighted by Gasteiger charge is 2.21. The van der Waals surface area contributed by atoms with Gasteiger partial charge in [0.15, 0.2) is 0 Å². The fraction of sp³-hybridized carbons (Fsp3) is 0.133. The molecule has 0 saturated carbocycles. The van der Waals surface area contributed by atoms with E-state index in [0.29, 0.717) is 22.7 Å². The van der Waals surface area contributed by atoms with Crippen molar-refractivity contribution in [3.05, 3.63) is 63.9 Å². The molecule has 0 spiro atoms. The third kappa shape index (κ3) is 3.54. The molecular formula is C15H11FN4O2S. The SMILES string of the molecule is O=C(Cc1nc(Cc2ccccc2F)cs1)C(=O)c1nc[nH]n1. The third-order valence-electron chi connectivity index (χ3n) is 3.11. The summed E-state index contributed by atoms with van der Waals surface area (Å²) in [5, 5.41) is 8.23. The Hall–Kier alpha value is -2.74. The predicted octanol–water partition coefficient (Wildman–Crippen LogP) is 1.99. The Morgan fingerprint density at radius 3 is 2.83 bits per heavy atom. The minimum atomic E-state index is -0.753. The van der Waals surface area contributed by atoms with Crippen molar-refractivity contribution >= 4 is 22.9 Å². The highest BCUT2D eigenvalue weighted by Crippen LogP contribution is 2.17. The maximum absolute atomic E-state index is 13.6. The lowest BCUT2D eigenvalue weighted by atomic mass is 10.1. The van der Waals surface area contributed by atoms with Crippen LogP contribution in [0.15, 0.2) is 36.0 Å². The van der Waals surface area contributed by atoms with Crippen LogP contribution in [0.2, 0.25) is 0 Å². The minimum Gasteiger partial charge on any atom is -0.290 e. The summed E-state index contributed by atoms with van der Waals surface area (Å²) in [6.45, 7) is 0. The highest BCUT2D eigenvalue weighted by atomic mass is 32.1. The van der Waals surface area contributed by atoms with E-state index >= 15 is 0 Å². The zero-order valence-electron chi connectivity index (χ0n) is 11.8. The molecule has 0 radical (unpaired) electrons. The molecule has 23 heavy (non-hydrogen) atoms. The van der Waals surface area contributed by atoms with Gasteiger partial charge in [0.1, 0.15) is 17.2 Å². The fourth-order valence-corrected chi connectivity index (χ4v) is 2.80. The number of ketones is 2. The zero-order valence-corrected chi connectivity index (χ0v) is 12.6.